The molecule has 1 rings (SSSR count). The van der Waals surface area contributed by atoms with Crippen molar-refractivity contribution in [3.05, 3.63) is 30.3 Å². The first-order valence-electron chi connectivity index (χ1n) is 3.17. The molecule has 0 atom stereocenters. The van der Waals surface area contributed by atoms with Gasteiger partial charge in [0.25, 0.3) is 0 Å². The van der Waals surface area contributed by atoms with Gasteiger partial charge in [-0.25, -0.2) is 0 Å². The highest BCUT2D eigenvalue weighted by Gasteiger charge is 1.79. The fourth-order valence-electron chi connectivity index (χ4n) is 0.501. The Bertz CT molecular complexity index is 167. The lowest BCUT2D eigenvalue weighted by Gasteiger charge is -1.91. The van der Waals surface area contributed by atoms with E-state index in [0.717, 1.165) is 5.69 Å². The van der Waals surface area contributed by atoms with Gasteiger partial charge in [0, 0.05) is 17.5 Å². The zero-order valence-electron chi connectivity index (χ0n) is 6.67. The van der Waals surface area contributed by atoms with Crippen LogP contribution in [0.5, 0.6) is 0 Å². The first-order chi connectivity index (χ1) is 5.35. The van der Waals surface area contributed by atoms with Crippen LogP contribution in [-0.4, -0.2) is 12.5 Å². The quantitative estimate of drug-likeness (QED) is 0.681. The summed E-state index contributed by atoms with van der Waals surface area (Å²) in [5.41, 5.74) is 0.925. The standard InChI is InChI=1S/C6H6ClN.C2H6S/c7-8-6-4-2-1-3-5-6;1-3-2/h1-5,8H;1-2H3. The summed E-state index contributed by atoms with van der Waals surface area (Å²) in [7, 11) is 0. The Balaban J connectivity index is 0.000000292. The number of hydrogen-bond acceptors (Lipinski definition) is 2. The number of thioether (sulfide) groups is 1. The van der Waals surface area contributed by atoms with E-state index in [1.54, 1.807) is 11.8 Å². The monoisotopic (exact) mass is 189 g/mol. The molecule has 1 aromatic carbocycles. The maximum atomic E-state index is 5.28. The van der Waals surface area contributed by atoms with Crippen LogP contribution < -0.4 is 4.84 Å². The Labute approximate surface area is 77.3 Å². The van der Waals surface area contributed by atoms with Crippen LogP contribution in [-0.2, 0) is 0 Å². The topological polar surface area (TPSA) is 12.0 Å². The minimum atomic E-state index is 0.925. The molecule has 1 nitrogen and oxygen atoms in total. The maximum absolute atomic E-state index is 5.28. The molecule has 0 aliphatic carbocycles. The van der Waals surface area contributed by atoms with Gasteiger partial charge in [-0.05, 0) is 24.6 Å². The molecule has 0 amide bonds. The van der Waals surface area contributed by atoms with Crippen molar-refractivity contribution in [1.29, 1.82) is 0 Å². The first kappa shape index (κ1) is 10.7. The molecule has 3 heteroatoms. The highest BCUT2D eigenvalue weighted by atomic mass is 35.5. The summed E-state index contributed by atoms with van der Waals surface area (Å²) < 4.78 is 0. The van der Waals surface area contributed by atoms with Gasteiger partial charge in [0.05, 0.1) is 0 Å². The molecule has 0 unspecified atom stereocenters. The number of benzene rings is 1. The molecule has 0 saturated carbocycles. The van der Waals surface area contributed by atoms with Crippen LogP contribution in [0.15, 0.2) is 30.3 Å². The lowest BCUT2D eigenvalue weighted by atomic mass is 10.3. The Hall–Kier alpha value is -0.340. The molecule has 11 heavy (non-hydrogen) atoms. The normalized spacial score (nSPS) is 7.91. The minimum absolute atomic E-state index is 0.925. The number of anilines is 1. The summed E-state index contributed by atoms with van der Waals surface area (Å²) in [5, 5.41) is 0. The van der Waals surface area contributed by atoms with Crippen molar-refractivity contribution in [2.24, 2.45) is 0 Å². The van der Waals surface area contributed by atoms with Gasteiger partial charge in [0.15, 0.2) is 0 Å². The second kappa shape index (κ2) is 7.76. The predicted octanol–water partition coefficient (Wildman–Crippen LogP) is 3.23. The van der Waals surface area contributed by atoms with Crippen molar-refractivity contribution in [3.63, 3.8) is 0 Å². The molecule has 62 valence electrons. The summed E-state index contributed by atoms with van der Waals surface area (Å²) in [4.78, 5) is 2.50. The molecule has 1 N–H and O–H groups in total. The van der Waals surface area contributed by atoms with Crippen molar-refractivity contribution in [2.75, 3.05) is 17.3 Å². The number of nitrogens with one attached hydrogen (secondary N) is 1. The predicted molar refractivity (Wildman–Crippen MR) is 55.4 cm³/mol. The van der Waals surface area contributed by atoms with E-state index in [4.69, 9.17) is 11.8 Å². The minimum Gasteiger partial charge on any atom is -0.299 e. The van der Waals surface area contributed by atoms with E-state index in [2.05, 4.69) is 4.84 Å². The van der Waals surface area contributed by atoms with E-state index < -0.39 is 0 Å². The molecule has 0 saturated heterocycles. The third kappa shape index (κ3) is 6.07. The lowest BCUT2D eigenvalue weighted by Crippen LogP contribution is -1.75. The molecular weight excluding hydrogens is 178 g/mol. The number of hydrogen-bond donors (Lipinski definition) is 1. The van der Waals surface area contributed by atoms with Gasteiger partial charge < -0.3 is 0 Å². The fraction of sp³-hybridized carbons (Fsp3) is 0.250. The van der Waals surface area contributed by atoms with E-state index in [0.29, 0.717) is 0 Å². The van der Waals surface area contributed by atoms with Crippen LogP contribution in [0.4, 0.5) is 5.69 Å². The highest BCUT2D eigenvalue weighted by molar-refractivity contribution is 7.97. The summed E-state index contributed by atoms with van der Waals surface area (Å²) in [6, 6.07) is 9.58. The van der Waals surface area contributed by atoms with Crippen LogP contribution >= 0.6 is 23.5 Å². The van der Waals surface area contributed by atoms with E-state index in [-0.39, 0.29) is 0 Å². The Morgan fingerprint density at radius 3 is 1.91 bits per heavy atom. The van der Waals surface area contributed by atoms with Crippen molar-refractivity contribution < 1.29 is 0 Å². The zero-order valence-corrected chi connectivity index (χ0v) is 8.25. The summed E-state index contributed by atoms with van der Waals surface area (Å²) in [5.74, 6) is 0. The highest BCUT2D eigenvalue weighted by Crippen LogP contribution is 2.04. The molecule has 0 radical (unpaired) electrons. The van der Waals surface area contributed by atoms with E-state index in [1.807, 2.05) is 42.8 Å². The molecule has 0 fully saturated rings. The van der Waals surface area contributed by atoms with Gasteiger partial charge in [-0.1, -0.05) is 18.2 Å². The molecule has 0 bridgehead atoms. The summed E-state index contributed by atoms with van der Waals surface area (Å²) in [6.07, 6.45) is 4.08. The van der Waals surface area contributed by atoms with Crippen molar-refractivity contribution in [3.8, 4) is 0 Å². The van der Waals surface area contributed by atoms with Crippen molar-refractivity contribution in [2.45, 2.75) is 0 Å². The lowest BCUT2D eigenvalue weighted by molar-refractivity contribution is 1.68. The molecule has 0 aromatic heterocycles. The van der Waals surface area contributed by atoms with Gasteiger partial charge in [0.2, 0.25) is 0 Å². The summed E-state index contributed by atoms with van der Waals surface area (Å²) >= 11 is 7.03. The average molecular weight is 190 g/mol. The van der Waals surface area contributed by atoms with Gasteiger partial charge in [-0.3, -0.25) is 4.84 Å². The fourth-order valence-corrected chi connectivity index (χ4v) is 0.627. The largest absolute Gasteiger partial charge is 0.299 e. The van der Waals surface area contributed by atoms with E-state index in [9.17, 15) is 0 Å². The molecule has 0 aliphatic heterocycles. The third-order valence-corrected chi connectivity index (χ3v) is 1.10. The van der Waals surface area contributed by atoms with Gasteiger partial charge in [-0.15, -0.1) is 0 Å². The zero-order chi connectivity index (χ0) is 8.53. The van der Waals surface area contributed by atoms with Gasteiger partial charge in [-0.2, -0.15) is 11.8 Å². The molecule has 1 aromatic rings. The van der Waals surface area contributed by atoms with Crippen LogP contribution in [0.2, 0.25) is 0 Å². The number of rotatable bonds is 1. The van der Waals surface area contributed by atoms with Crippen LogP contribution in [0.1, 0.15) is 0 Å². The Morgan fingerprint density at radius 2 is 1.64 bits per heavy atom. The number of para-hydroxylation sites is 1. The molecule has 0 heterocycles. The first-order valence-corrected chi connectivity index (χ1v) is 5.18. The van der Waals surface area contributed by atoms with Crippen molar-refractivity contribution in [1.82, 2.24) is 0 Å². The second-order valence-electron chi connectivity index (χ2n) is 1.87. The molecule has 0 aliphatic rings. The van der Waals surface area contributed by atoms with Gasteiger partial charge >= 0.3 is 0 Å². The Kier molecular flexibility index (Phi) is 7.52. The third-order valence-electron chi connectivity index (χ3n) is 0.883. The summed E-state index contributed by atoms with van der Waals surface area (Å²) in [6.45, 7) is 0. The van der Waals surface area contributed by atoms with Crippen molar-refractivity contribution >= 4 is 29.2 Å². The van der Waals surface area contributed by atoms with E-state index >= 15 is 0 Å². The van der Waals surface area contributed by atoms with Crippen LogP contribution in [0.3, 0.4) is 0 Å². The molecule has 0 spiro atoms. The second-order valence-corrected chi connectivity index (χ2v) is 2.87. The number of halogens is 1. The average Bonchev–Trinajstić information content (AvgIpc) is 2.08. The van der Waals surface area contributed by atoms with Crippen LogP contribution in [0.25, 0.3) is 0 Å². The smallest absolute Gasteiger partial charge is 0.0491 e. The Morgan fingerprint density at radius 1 is 1.18 bits per heavy atom. The SMILES string of the molecule is CSC.ClNc1ccccc1. The van der Waals surface area contributed by atoms with E-state index in [1.165, 1.54) is 0 Å². The molecular formula is C8H12ClNS. The van der Waals surface area contributed by atoms with Crippen LogP contribution in [0, 0.1) is 0 Å². The van der Waals surface area contributed by atoms with Gasteiger partial charge in [0.1, 0.15) is 0 Å². The maximum Gasteiger partial charge on any atom is 0.0491 e.